The van der Waals surface area contributed by atoms with E-state index in [9.17, 15) is 74.9 Å². The van der Waals surface area contributed by atoms with Gasteiger partial charge in [-0.15, -0.1) is 0 Å². The molecule has 578 valence electrons. The summed E-state index contributed by atoms with van der Waals surface area (Å²) in [6.45, 7) is 3.34. The van der Waals surface area contributed by atoms with Gasteiger partial charge in [0.25, 0.3) is 0 Å². The van der Waals surface area contributed by atoms with E-state index in [-0.39, 0.29) is 12.8 Å². The summed E-state index contributed by atoms with van der Waals surface area (Å²) in [6, 6.07) is 0. The molecule has 24 nitrogen and oxygen atoms in total. The molecule has 3 aliphatic rings. The SMILES string of the molecule is CCCCCCCC/C=C\CCCCCC(=O)OC(COC(=O)CCCCCCCCCCCCCCCCCC)COP(=O)(O)OC1C(OC2OC(CO)C(O)C(O)C2O)C(O)C(O)C(O)C1OC1OC(COC(=O)/C=C/C=C/CCCCCCCCCCCCC)C(O)C(O)C1O. The maximum absolute atomic E-state index is 14.3. The first-order valence-corrected chi connectivity index (χ1v) is 39.8. The average molecular weight is 1440 g/mol. The van der Waals surface area contributed by atoms with E-state index in [1.807, 2.05) is 6.08 Å². The van der Waals surface area contributed by atoms with E-state index < -0.39 is 156 Å². The number of carbonyl (C=O) groups excluding carboxylic acids is 3. The molecule has 11 N–H and O–H groups in total. The van der Waals surface area contributed by atoms with Gasteiger partial charge in [0.05, 0.1) is 13.2 Å². The second-order valence-corrected chi connectivity index (χ2v) is 28.8. The van der Waals surface area contributed by atoms with Gasteiger partial charge in [-0.3, -0.25) is 18.6 Å². The topological polar surface area (TPSA) is 374 Å². The van der Waals surface area contributed by atoms with Crippen LogP contribution in [0.3, 0.4) is 0 Å². The number of unbranched alkanes of at least 4 members (excludes halogenated alkanes) is 35. The van der Waals surface area contributed by atoms with Gasteiger partial charge in [0.2, 0.25) is 0 Å². The monoisotopic (exact) mass is 1440 g/mol. The summed E-state index contributed by atoms with van der Waals surface area (Å²) in [6.07, 6.45) is 18.4. The molecule has 18 atom stereocenters. The van der Waals surface area contributed by atoms with E-state index >= 15 is 0 Å². The number of hydrogen-bond acceptors (Lipinski definition) is 23. The highest BCUT2D eigenvalue weighted by Crippen LogP contribution is 2.49. The van der Waals surface area contributed by atoms with Gasteiger partial charge < -0.3 is 89.1 Å². The number of aliphatic hydroxyl groups is 10. The van der Waals surface area contributed by atoms with Crippen LogP contribution < -0.4 is 0 Å². The summed E-state index contributed by atoms with van der Waals surface area (Å²) < 4.78 is 64.8. The predicted octanol–water partition coefficient (Wildman–Crippen LogP) is 10.7. The summed E-state index contributed by atoms with van der Waals surface area (Å²) in [7, 11) is -5.71. The number of rotatable bonds is 59. The van der Waals surface area contributed by atoms with Gasteiger partial charge >= 0.3 is 25.7 Å². The lowest BCUT2D eigenvalue weighted by atomic mass is 9.84. The van der Waals surface area contributed by atoms with Crippen LogP contribution in [0.5, 0.6) is 0 Å². The zero-order chi connectivity index (χ0) is 72.5. The highest BCUT2D eigenvalue weighted by molar-refractivity contribution is 7.47. The molecule has 2 saturated heterocycles. The summed E-state index contributed by atoms with van der Waals surface area (Å²) in [5.74, 6) is -2.24. The predicted molar refractivity (Wildman–Crippen MR) is 374 cm³/mol. The van der Waals surface area contributed by atoms with Crippen LogP contribution in [0, 0.1) is 0 Å². The third kappa shape index (κ3) is 38.7. The van der Waals surface area contributed by atoms with E-state index in [0.717, 1.165) is 89.5 Å². The Labute approximate surface area is 591 Å². The Balaban J connectivity index is 1.74. The second-order valence-electron chi connectivity index (χ2n) is 27.4. The molecule has 25 heteroatoms. The van der Waals surface area contributed by atoms with Crippen LogP contribution in [-0.4, -0.2) is 204 Å². The molecule has 2 aliphatic heterocycles. The van der Waals surface area contributed by atoms with Crippen molar-refractivity contribution in [3.05, 3.63) is 36.5 Å². The first kappa shape index (κ1) is 90.4. The molecule has 0 radical (unpaired) electrons. The van der Waals surface area contributed by atoms with Crippen molar-refractivity contribution >= 4 is 25.7 Å². The maximum atomic E-state index is 14.3. The molecule has 0 bridgehead atoms. The van der Waals surface area contributed by atoms with E-state index in [2.05, 4.69) is 32.9 Å². The number of hydrogen-bond donors (Lipinski definition) is 11. The number of carbonyl (C=O) groups is 3. The van der Waals surface area contributed by atoms with Crippen LogP contribution in [0.15, 0.2) is 36.5 Å². The molecular formula is C74H133O24P. The van der Waals surface area contributed by atoms with Crippen LogP contribution in [0.1, 0.15) is 284 Å². The summed E-state index contributed by atoms with van der Waals surface area (Å²) in [5, 5.41) is 110. The standard InChI is InChI=1S/C74H133O24P/c1-4-7-10-13-16-19-22-25-27-29-32-33-36-39-42-45-48-58(76)90-52-55(93-60(78)50-47-44-41-38-35-30-24-21-18-15-12-9-6-3)53-92-99(88,89)98-72-70(96-73-68(86)63(81)61(79)56(51-75)94-73)66(84)65(83)67(85)71(72)97-74-69(87)64(82)62(80)57(95-74)54-91-59(77)49-46-43-40-37-34-31-28-26-23-20-17-14-11-8-5-2/h30,35,40,43,46,49,55-57,61-75,79-87H,4-29,31-34,36-39,41-42,44-45,47-48,50-54H2,1-3H3,(H,88,89)/b35-30-,43-40+,49-46+. The third-order valence-electron chi connectivity index (χ3n) is 18.7. The Morgan fingerprint density at radius 1 is 0.414 bits per heavy atom. The van der Waals surface area contributed by atoms with Crippen LogP contribution in [0.4, 0.5) is 0 Å². The lowest BCUT2D eigenvalue weighted by Crippen LogP contribution is -2.69. The van der Waals surface area contributed by atoms with E-state index in [0.29, 0.717) is 19.3 Å². The van der Waals surface area contributed by atoms with E-state index in [1.165, 1.54) is 154 Å². The minimum absolute atomic E-state index is 0.0421. The molecule has 0 amide bonds. The lowest BCUT2D eigenvalue weighted by Gasteiger charge is -2.49. The number of esters is 3. The molecule has 18 unspecified atom stereocenters. The Bertz CT molecular complexity index is 2190. The van der Waals surface area contributed by atoms with Crippen molar-refractivity contribution in [1.29, 1.82) is 0 Å². The molecule has 0 aromatic carbocycles. The van der Waals surface area contributed by atoms with Crippen LogP contribution in [-0.2, 0) is 61.2 Å². The largest absolute Gasteiger partial charge is 0.472 e. The highest BCUT2D eigenvalue weighted by atomic mass is 31.2. The Kier molecular flexibility index (Phi) is 50.8. The lowest BCUT2D eigenvalue weighted by molar-refractivity contribution is -0.360. The number of aliphatic hydroxyl groups excluding tert-OH is 10. The Morgan fingerprint density at radius 3 is 1.23 bits per heavy atom. The Hall–Kier alpha value is -2.82. The summed E-state index contributed by atoms with van der Waals surface area (Å²) in [5.41, 5.74) is 0. The van der Waals surface area contributed by atoms with Crippen molar-refractivity contribution in [3.8, 4) is 0 Å². The third-order valence-corrected chi connectivity index (χ3v) is 19.7. The minimum atomic E-state index is -5.71. The number of ether oxygens (including phenoxy) is 7. The van der Waals surface area contributed by atoms with Crippen molar-refractivity contribution in [2.75, 3.05) is 26.4 Å². The van der Waals surface area contributed by atoms with Crippen molar-refractivity contribution < 1.29 is 117 Å². The van der Waals surface area contributed by atoms with Crippen molar-refractivity contribution in [3.63, 3.8) is 0 Å². The molecule has 1 saturated carbocycles. The van der Waals surface area contributed by atoms with E-state index in [1.54, 1.807) is 6.08 Å². The van der Waals surface area contributed by atoms with Gasteiger partial charge in [0.15, 0.2) is 18.7 Å². The smallest absolute Gasteiger partial charge is 0.462 e. The highest BCUT2D eigenvalue weighted by Gasteiger charge is 2.58. The molecule has 3 rings (SSSR count). The van der Waals surface area contributed by atoms with Crippen LogP contribution >= 0.6 is 7.82 Å². The Morgan fingerprint density at radius 2 is 0.788 bits per heavy atom. The fourth-order valence-corrected chi connectivity index (χ4v) is 13.5. The van der Waals surface area contributed by atoms with Crippen LogP contribution in [0.2, 0.25) is 0 Å². The fourth-order valence-electron chi connectivity index (χ4n) is 12.5. The van der Waals surface area contributed by atoms with Gasteiger partial charge in [0, 0.05) is 18.9 Å². The molecule has 2 heterocycles. The van der Waals surface area contributed by atoms with Crippen molar-refractivity contribution in [2.24, 2.45) is 0 Å². The molecule has 0 aromatic rings. The first-order chi connectivity index (χ1) is 47.8. The summed E-state index contributed by atoms with van der Waals surface area (Å²) >= 11 is 0. The normalized spacial score (nSPS) is 27.7. The minimum Gasteiger partial charge on any atom is -0.462 e. The molecule has 1 aliphatic carbocycles. The van der Waals surface area contributed by atoms with Crippen LogP contribution in [0.25, 0.3) is 0 Å². The maximum Gasteiger partial charge on any atom is 0.472 e. The zero-order valence-corrected chi connectivity index (χ0v) is 61.2. The summed E-state index contributed by atoms with van der Waals surface area (Å²) in [4.78, 5) is 50.9. The molecule has 3 fully saturated rings. The quantitative estimate of drug-likeness (QED) is 0.00512. The average Bonchev–Trinajstić information content (AvgIpc) is 0.764. The molecule has 0 spiro atoms. The van der Waals surface area contributed by atoms with Gasteiger partial charge in [0.1, 0.15) is 98.7 Å². The number of phosphoric ester groups is 1. The molecular weight excluding hydrogens is 1300 g/mol. The number of phosphoric acid groups is 1. The second kappa shape index (κ2) is 55.6. The van der Waals surface area contributed by atoms with Gasteiger partial charge in [-0.25, -0.2) is 9.36 Å². The van der Waals surface area contributed by atoms with Gasteiger partial charge in [-0.2, -0.15) is 0 Å². The first-order valence-electron chi connectivity index (χ1n) is 38.3. The van der Waals surface area contributed by atoms with E-state index in [4.69, 9.17) is 42.2 Å². The van der Waals surface area contributed by atoms with Crippen molar-refractivity contribution in [1.82, 2.24) is 0 Å². The zero-order valence-electron chi connectivity index (χ0n) is 60.3. The molecule has 99 heavy (non-hydrogen) atoms. The number of allylic oxidation sites excluding steroid dienone is 5. The van der Waals surface area contributed by atoms with Gasteiger partial charge in [-0.1, -0.05) is 250 Å². The molecule has 0 aromatic heterocycles. The fraction of sp³-hybridized carbons (Fsp3) is 0.878. The van der Waals surface area contributed by atoms with Gasteiger partial charge in [-0.05, 0) is 51.4 Å². The van der Waals surface area contributed by atoms with Crippen molar-refractivity contribution in [2.45, 2.75) is 388 Å².